The normalized spacial score (nSPS) is 16.6. The molecule has 0 amide bonds. The van der Waals surface area contributed by atoms with Crippen LogP contribution in [0.25, 0.3) is 66.0 Å². The summed E-state index contributed by atoms with van der Waals surface area (Å²) in [5.74, 6) is 0. The first-order chi connectivity index (χ1) is 28.9. The van der Waals surface area contributed by atoms with Crippen molar-refractivity contribution in [1.29, 1.82) is 0 Å². The fourth-order valence-electron chi connectivity index (χ4n) is 8.23. The number of fused-ring (bicyclic) bond motifs is 7. The first kappa shape index (κ1) is 35.5. The van der Waals surface area contributed by atoms with Crippen LogP contribution in [0.2, 0.25) is 19.6 Å². The molecule has 1 radical (unpaired) electrons. The van der Waals surface area contributed by atoms with E-state index < -0.39 is 26.7 Å². The SMILES string of the molecule is CC1(C)CCC(C)(C)c2cc(-c3cc([Si](C)(C)C)ccn3)[c-]cc21.[2H]C([2H])([2H])c1cnc(-c2[c-]ccc3c2oc2cc4c(ccc5ccccc54)cc23)cc1C([2H])([2H])C(C)(C)C.[Ir]. The van der Waals surface area contributed by atoms with Gasteiger partial charge in [-0.1, -0.05) is 145 Å². The van der Waals surface area contributed by atoms with E-state index >= 15 is 0 Å². The van der Waals surface area contributed by atoms with E-state index in [1.54, 1.807) is 32.9 Å². The standard InChI is InChI=1S/C31H26NO.C22H30NSi.Ir/c1-19-18-32-28(15-22(19)17-31(2,3)4)25-11-7-10-24-27-14-21-13-12-20-8-5-6-9-23(20)26(21)16-29(27)33-30(24)25;1-21(2)11-12-22(3,4)19-14-16(8-9-18(19)21)20-15-17(10-13-23-20)24(5,6)7;/h5-10,12-16,18H,17H2,1-4H3;9-10,13-15H,11-12H2,1-7H3;/q2*-1;/i1D3,17D2;;. The largest absolute Gasteiger partial charge is 0.501 e. The second kappa shape index (κ2) is 15.3. The quantitative estimate of drug-likeness (QED) is 0.100. The van der Waals surface area contributed by atoms with Crippen molar-refractivity contribution in [3.63, 3.8) is 0 Å². The van der Waals surface area contributed by atoms with Gasteiger partial charge in [-0.25, -0.2) is 0 Å². The Labute approximate surface area is 367 Å². The molecule has 3 aromatic heterocycles. The van der Waals surface area contributed by atoms with Crippen molar-refractivity contribution in [3.8, 4) is 22.5 Å². The molecule has 5 heteroatoms. The molecule has 9 rings (SSSR count). The molecule has 0 N–H and O–H groups in total. The van der Waals surface area contributed by atoms with E-state index in [4.69, 9.17) is 11.3 Å². The van der Waals surface area contributed by atoms with Crippen LogP contribution in [-0.2, 0) is 37.3 Å². The Kier molecular flexibility index (Phi) is 9.38. The van der Waals surface area contributed by atoms with E-state index in [0.29, 0.717) is 16.8 Å². The number of aromatic nitrogens is 2. The average molecular weight is 962 g/mol. The monoisotopic (exact) mass is 962 g/mol. The molecular formula is C53H56IrN2OSi-2. The summed E-state index contributed by atoms with van der Waals surface area (Å²) < 4.78 is 48.1. The zero-order chi connectivity index (χ0) is 44.8. The number of hydrogen-bond donors (Lipinski definition) is 0. The van der Waals surface area contributed by atoms with Gasteiger partial charge in [-0.05, 0) is 92.6 Å². The molecule has 299 valence electrons. The molecule has 0 saturated carbocycles. The van der Waals surface area contributed by atoms with Gasteiger partial charge >= 0.3 is 0 Å². The van der Waals surface area contributed by atoms with Gasteiger partial charge in [0, 0.05) is 44.7 Å². The molecule has 1 aliphatic rings. The molecule has 58 heavy (non-hydrogen) atoms. The molecule has 0 spiro atoms. The Morgan fingerprint density at radius 3 is 2.26 bits per heavy atom. The minimum atomic E-state index is -2.50. The van der Waals surface area contributed by atoms with Gasteiger partial charge in [0.25, 0.3) is 0 Å². The molecule has 0 saturated heterocycles. The molecule has 8 aromatic rings. The third-order valence-corrected chi connectivity index (χ3v) is 13.7. The van der Waals surface area contributed by atoms with Gasteiger partial charge in [0.05, 0.1) is 13.7 Å². The third kappa shape index (κ3) is 8.11. The molecule has 5 aromatic carbocycles. The van der Waals surface area contributed by atoms with Crippen molar-refractivity contribution in [3.05, 3.63) is 138 Å². The molecule has 3 heterocycles. The second-order valence-corrected chi connectivity index (χ2v) is 24.2. The van der Waals surface area contributed by atoms with Gasteiger partial charge < -0.3 is 14.4 Å². The van der Waals surface area contributed by atoms with Crippen LogP contribution >= 0.6 is 0 Å². The summed E-state index contributed by atoms with van der Waals surface area (Å²) in [4.78, 5) is 9.12. The molecule has 0 atom stereocenters. The maximum atomic E-state index is 8.85. The van der Waals surface area contributed by atoms with Crippen LogP contribution in [0.3, 0.4) is 0 Å². The van der Waals surface area contributed by atoms with Crippen LogP contribution in [-0.4, -0.2) is 18.0 Å². The van der Waals surface area contributed by atoms with Crippen LogP contribution in [0.1, 0.15) is 90.4 Å². The molecular weight excluding hydrogens is 901 g/mol. The van der Waals surface area contributed by atoms with Gasteiger partial charge in [-0.2, -0.15) is 0 Å². The summed E-state index contributed by atoms with van der Waals surface area (Å²) in [5, 5.41) is 7.82. The van der Waals surface area contributed by atoms with E-state index in [0.717, 1.165) is 49.2 Å². The predicted octanol–water partition coefficient (Wildman–Crippen LogP) is 14.1. The Bertz CT molecular complexity index is 3030. The minimum absolute atomic E-state index is 0. The van der Waals surface area contributed by atoms with E-state index in [-0.39, 0.29) is 42.1 Å². The summed E-state index contributed by atoms with van der Waals surface area (Å²) in [6.45, 7) is 19.4. The van der Waals surface area contributed by atoms with Crippen molar-refractivity contribution in [1.82, 2.24) is 9.97 Å². The summed E-state index contributed by atoms with van der Waals surface area (Å²) in [6.07, 6.45) is 3.79. The van der Waals surface area contributed by atoms with Gasteiger partial charge in [0.2, 0.25) is 0 Å². The maximum absolute atomic E-state index is 8.85. The Hall–Kier alpha value is -4.41. The maximum Gasteiger partial charge on any atom is 0.121 e. The fourth-order valence-corrected chi connectivity index (χ4v) is 9.37. The Morgan fingerprint density at radius 2 is 1.52 bits per heavy atom. The van der Waals surface area contributed by atoms with Crippen LogP contribution in [0.15, 0.2) is 108 Å². The van der Waals surface area contributed by atoms with Crippen LogP contribution in [0.5, 0.6) is 0 Å². The fraction of sp³-hybridized carbons (Fsp3) is 0.321. The van der Waals surface area contributed by atoms with Crippen LogP contribution in [0.4, 0.5) is 0 Å². The van der Waals surface area contributed by atoms with Gasteiger partial charge in [-0.3, -0.25) is 0 Å². The average Bonchev–Trinajstić information content (AvgIpc) is 3.58. The zero-order valence-electron chi connectivity index (χ0n) is 40.4. The number of pyridine rings is 2. The van der Waals surface area contributed by atoms with Gasteiger partial charge in [0.1, 0.15) is 5.58 Å². The number of furan rings is 1. The number of aryl methyl sites for hydroxylation is 1. The van der Waals surface area contributed by atoms with Crippen molar-refractivity contribution < 1.29 is 31.4 Å². The van der Waals surface area contributed by atoms with Crippen LogP contribution < -0.4 is 5.19 Å². The van der Waals surface area contributed by atoms with E-state index in [1.165, 1.54) is 35.4 Å². The first-order valence-electron chi connectivity index (χ1n) is 22.6. The molecule has 0 fully saturated rings. The third-order valence-electron chi connectivity index (χ3n) is 11.7. The molecule has 0 bridgehead atoms. The molecule has 1 aliphatic carbocycles. The summed E-state index contributed by atoms with van der Waals surface area (Å²) in [5.41, 5.74) is 7.09. The van der Waals surface area contributed by atoms with Gasteiger partial charge in [-0.15, -0.1) is 53.1 Å². The summed E-state index contributed by atoms with van der Waals surface area (Å²) in [6, 6.07) is 37.8. The summed E-state index contributed by atoms with van der Waals surface area (Å²) >= 11 is 0. The van der Waals surface area contributed by atoms with E-state index in [9.17, 15) is 0 Å². The van der Waals surface area contributed by atoms with Crippen LogP contribution in [0, 0.1) is 24.4 Å². The second-order valence-electron chi connectivity index (χ2n) is 19.2. The van der Waals surface area contributed by atoms with E-state index in [1.807, 2.05) is 24.4 Å². The number of nitrogens with zero attached hydrogens (tertiary/aromatic N) is 2. The van der Waals surface area contributed by atoms with Crippen molar-refractivity contribution in [2.75, 3.05) is 0 Å². The number of hydrogen-bond acceptors (Lipinski definition) is 3. The van der Waals surface area contributed by atoms with Crippen molar-refractivity contribution in [2.45, 2.75) is 105 Å². The van der Waals surface area contributed by atoms with Crippen molar-refractivity contribution in [2.24, 2.45) is 5.41 Å². The predicted molar refractivity (Wildman–Crippen MR) is 245 cm³/mol. The topological polar surface area (TPSA) is 38.9 Å². The Morgan fingerprint density at radius 1 is 0.776 bits per heavy atom. The molecule has 3 nitrogen and oxygen atoms in total. The molecule has 0 unspecified atom stereocenters. The van der Waals surface area contributed by atoms with Gasteiger partial charge in [0.15, 0.2) is 0 Å². The minimum Gasteiger partial charge on any atom is -0.501 e. The smallest absolute Gasteiger partial charge is 0.121 e. The zero-order valence-corrected chi connectivity index (χ0v) is 38.8. The summed E-state index contributed by atoms with van der Waals surface area (Å²) in [7, 11) is -1.33. The number of rotatable bonds is 4. The van der Waals surface area contributed by atoms with Crippen molar-refractivity contribution >= 4 is 56.7 Å². The molecule has 0 aliphatic heterocycles. The van der Waals surface area contributed by atoms with E-state index in [2.05, 4.69) is 130 Å². The first-order valence-corrected chi connectivity index (χ1v) is 23.6. The number of benzene rings is 5. The Balaban J connectivity index is 0.000000206.